The smallest absolute Gasteiger partial charge is 0.334 e. The van der Waals surface area contributed by atoms with Crippen molar-refractivity contribution in [3.8, 4) is 0 Å². The minimum Gasteiger partial charge on any atom is -0.478 e. The fourth-order valence-electron chi connectivity index (χ4n) is 0.889. The van der Waals surface area contributed by atoms with Crippen molar-refractivity contribution in [1.82, 2.24) is 0 Å². The largest absolute Gasteiger partial charge is 0.478 e. The molecule has 1 rings (SSSR count). The van der Waals surface area contributed by atoms with E-state index in [-0.39, 0.29) is 0 Å². The molecule has 0 aromatic carbocycles. The van der Waals surface area contributed by atoms with Crippen molar-refractivity contribution in [2.45, 2.75) is 6.17 Å². The van der Waals surface area contributed by atoms with E-state index < -0.39 is 32.9 Å². The van der Waals surface area contributed by atoms with Gasteiger partial charge in [0.05, 0.1) is 5.57 Å². The minimum atomic E-state index is -2.72. The Morgan fingerprint density at radius 1 is 1.54 bits per heavy atom. The highest BCUT2D eigenvalue weighted by Crippen LogP contribution is 2.14. The van der Waals surface area contributed by atoms with Crippen LogP contribution in [0.15, 0.2) is 23.8 Å². The number of alkyl halides is 1. The topological polar surface area (TPSA) is 71.4 Å². The number of carbonyl (C=O) groups is 1. The van der Waals surface area contributed by atoms with Gasteiger partial charge in [-0.2, -0.15) is 8.42 Å². The van der Waals surface area contributed by atoms with Crippen molar-refractivity contribution in [3.63, 3.8) is 0 Å². The van der Waals surface area contributed by atoms with Crippen LogP contribution in [0.25, 0.3) is 0 Å². The van der Waals surface area contributed by atoms with Gasteiger partial charge >= 0.3 is 5.97 Å². The van der Waals surface area contributed by atoms with Crippen molar-refractivity contribution in [2.24, 2.45) is 0 Å². The maximum absolute atomic E-state index is 13.1. The molecule has 0 saturated carbocycles. The molecule has 0 aliphatic heterocycles. The molecular formula is C7H5FO4S. The van der Waals surface area contributed by atoms with E-state index in [2.05, 4.69) is 0 Å². The molecule has 0 aromatic rings. The second kappa shape index (κ2) is 3.53. The predicted molar refractivity (Wildman–Crippen MR) is 43.7 cm³/mol. The molecule has 0 amide bonds. The Morgan fingerprint density at radius 3 is 2.62 bits per heavy atom. The first-order valence-electron chi connectivity index (χ1n) is 3.25. The SMILES string of the molecule is O=C(O)C1=CC=CC(=S(=O)=O)C1F. The lowest BCUT2D eigenvalue weighted by molar-refractivity contribution is -0.133. The molecule has 1 N–H and O–H groups in total. The zero-order valence-electron chi connectivity index (χ0n) is 6.27. The van der Waals surface area contributed by atoms with Crippen molar-refractivity contribution in [3.05, 3.63) is 23.8 Å². The average molecular weight is 204 g/mol. The standard InChI is InChI=1S/C7H5FO4S/c8-6-4(7(9)10)2-1-3-5(6)13(11)12/h1-3,6H,(H,9,10). The van der Waals surface area contributed by atoms with E-state index in [1.165, 1.54) is 6.08 Å². The van der Waals surface area contributed by atoms with Gasteiger partial charge in [-0.25, -0.2) is 9.18 Å². The molecule has 70 valence electrons. The van der Waals surface area contributed by atoms with Gasteiger partial charge in [-0.05, 0) is 12.2 Å². The van der Waals surface area contributed by atoms with Crippen LogP contribution in [0.3, 0.4) is 0 Å². The second-order valence-corrected chi connectivity index (χ2v) is 3.23. The third kappa shape index (κ3) is 1.83. The summed E-state index contributed by atoms with van der Waals surface area (Å²) < 4.78 is 33.9. The Kier molecular flexibility index (Phi) is 2.62. The maximum Gasteiger partial charge on any atom is 0.334 e. The third-order valence-corrected chi connectivity index (χ3v) is 2.23. The summed E-state index contributed by atoms with van der Waals surface area (Å²) in [5.41, 5.74) is -0.568. The Morgan fingerprint density at radius 2 is 2.15 bits per heavy atom. The summed E-state index contributed by atoms with van der Waals surface area (Å²) in [4.78, 5) is 9.82. The lowest BCUT2D eigenvalue weighted by Gasteiger charge is -2.09. The molecule has 0 aromatic heterocycles. The van der Waals surface area contributed by atoms with Crippen LogP contribution in [-0.2, 0) is 15.1 Å². The van der Waals surface area contributed by atoms with E-state index in [1.54, 1.807) is 0 Å². The molecular weight excluding hydrogens is 199 g/mol. The summed E-state index contributed by atoms with van der Waals surface area (Å²) in [5, 5.41) is 8.45. The zero-order chi connectivity index (χ0) is 10.0. The van der Waals surface area contributed by atoms with Crippen LogP contribution in [0, 0.1) is 0 Å². The molecule has 6 heteroatoms. The molecule has 13 heavy (non-hydrogen) atoms. The summed E-state index contributed by atoms with van der Waals surface area (Å²) >= 11 is 0. The zero-order valence-corrected chi connectivity index (χ0v) is 7.08. The first kappa shape index (κ1) is 9.66. The lowest BCUT2D eigenvalue weighted by Crippen LogP contribution is -2.24. The maximum atomic E-state index is 13.1. The van der Waals surface area contributed by atoms with Gasteiger partial charge in [-0.1, -0.05) is 6.08 Å². The van der Waals surface area contributed by atoms with Crippen LogP contribution < -0.4 is 0 Å². The van der Waals surface area contributed by atoms with E-state index in [4.69, 9.17) is 5.11 Å². The lowest BCUT2D eigenvalue weighted by atomic mass is 10.0. The Bertz CT molecular complexity index is 421. The number of rotatable bonds is 1. The van der Waals surface area contributed by atoms with Crippen molar-refractivity contribution in [1.29, 1.82) is 0 Å². The number of hydrogen-bond donors (Lipinski definition) is 1. The number of aliphatic carboxylic acids is 1. The molecule has 0 spiro atoms. The Labute approximate surface area is 74.5 Å². The van der Waals surface area contributed by atoms with Crippen LogP contribution in [0.1, 0.15) is 0 Å². The molecule has 0 fully saturated rings. The van der Waals surface area contributed by atoms with E-state index in [0.29, 0.717) is 0 Å². The van der Waals surface area contributed by atoms with Crippen molar-refractivity contribution < 1.29 is 22.7 Å². The van der Waals surface area contributed by atoms with Crippen LogP contribution in [0.2, 0.25) is 0 Å². The predicted octanol–water partition coefficient (Wildman–Crippen LogP) is -0.0432. The van der Waals surface area contributed by atoms with Crippen molar-refractivity contribution in [2.75, 3.05) is 0 Å². The van der Waals surface area contributed by atoms with Crippen LogP contribution >= 0.6 is 0 Å². The van der Waals surface area contributed by atoms with Crippen molar-refractivity contribution >= 4 is 21.1 Å². The normalized spacial score (nSPS) is 21.2. The van der Waals surface area contributed by atoms with Gasteiger partial charge in [0, 0.05) is 0 Å². The summed E-state index contributed by atoms with van der Waals surface area (Å²) in [6.07, 6.45) is 1.18. The van der Waals surface area contributed by atoms with Crippen LogP contribution in [-0.4, -0.2) is 30.5 Å². The van der Waals surface area contributed by atoms with Gasteiger partial charge in [0.2, 0.25) is 10.3 Å². The van der Waals surface area contributed by atoms with Gasteiger partial charge in [-0.15, -0.1) is 0 Å². The number of hydrogen-bond acceptors (Lipinski definition) is 3. The molecule has 0 radical (unpaired) electrons. The highest BCUT2D eigenvalue weighted by Gasteiger charge is 2.26. The van der Waals surface area contributed by atoms with Crippen LogP contribution in [0.4, 0.5) is 4.39 Å². The number of carboxylic acids is 1. The van der Waals surface area contributed by atoms with E-state index in [1.807, 2.05) is 0 Å². The van der Waals surface area contributed by atoms with Gasteiger partial charge in [-0.3, -0.25) is 0 Å². The highest BCUT2D eigenvalue weighted by molar-refractivity contribution is 7.73. The molecule has 0 heterocycles. The van der Waals surface area contributed by atoms with E-state index in [9.17, 15) is 17.6 Å². The average Bonchev–Trinajstić information content (AvgIpc) is 2.03. The Hall–Kier alpha value is -1.43. The number of allylic oxidation sites excluding steroid dienone is 3. The quantitative estimate of drug-likeness (QED) is 0.608. The summed E-state index contributed by atoms with van der Waals surface area (Å²) in [5.74, 6) is -1.46. The highest BCUT2D eigenvalue weighted by atomic mass is 32.2. The minimum absolute atomic E-state index is 0.556. The summed E-state index contributed by atoms with van der Waals surface area (Å²) in [6, 6.07) is 0. The third-order valence-electron chi connectivity index (χ3n) is 1.50. The molecule has 4 nitrogen and oxygen atoms in total. The number of carboxylic acid groups (broad SMARTS) is 1. The molecule has 1 atom stereocenters. The fourth-order valence-corrected chi connectivity index (χ4v) is 1.37. The monoisotopic (exact) mass is 204 g/mol. The molecule has 0 saturated heterocycles. The van der Waals surface area contributed by atoms with Gasteiger partial charge < -0.3 is 5.11 Å². The first-order chi connectivity index (χ1) is 6.04. The Balaban J connectivity index is 3.23. The summed E-state index contributed by atoms with van der Waals surface area (Å²) in [6.45, 7) is 0. The van der Waals surface area contributed by atoms with Gasteiger partial charge in [0.25, 0.3) is 0 Å². The van der Waals surface area contributed by atoms with E-state index in [0.717, 1.165) is 12.2 Å². The second-order valence-electron chi connectivity index (χ2n) is 2.29. The number of halogens is 1. The van der Waals surface area contributed by atoms with Gasteiger partial charge in [0.15, 0.2) is 6.17 Å². The first-order valence-corrected chi connectivity index (χ1v) is 4.33. The molecule has 1 unspecified atom stereocenters. The molecule has 0 bridgehead atoms. The molecule has 1 aliphatic carbocycles. The van der Waals surface area contributed by atoms with Gasteiger partial charge in [0.1, 0.15) is 4.86 Å². The van der Waals surface area contributed by atoms with Crippen LogP contribution in [0.5, 0.6) is 0 Å². The molecule has 1 aliphatic rings. The fraction of sp³-hybridized carbons (Fsp3) is 0.143. The van der Waals surface area contributed by atoms with E-state index >= 15 is 0 Å². The summed E-state index contributed by atoms with van der Waals surface area (Å²) in [7, 11) is -2.72.